The number of carbonyl (C=O) groups is 1. The zero-order valence-corrected chi connectivity index (χ0v) is 18.5. The molecular formula is C20H18BrNO4S2. The summed E-state index contributed by atoms with van der Waals surface area (Å²) in [7, 11) is 0.382. The van der Waals surface area contributed by atoms with Crippen molar-refractivity contribution in [3.8, 4) is 16.3 Å². The molecule has 3 aromatic rings. The van der Waals surface area contributed by atoms with Gasteiger partial charge >= 0.3 is 5.97 Å². The van der Waals surface area contributed by atoms with E-state index in [9.17, 15) is 9.00 Å². The first-order valence-corrected chi connectivity index (χ1v) is 11.5. The maximum Gasteiger partial charge on any atom is 0.339 e. The van der Waals surface area contributed by atoms with Crippen LogP contribution in [0.25, 0.3) is 10.6 Å². The summed E-state index contributed by atoms with van der Waals surface area (Å²) in [6, 6.07) is 12.5. The summed E-state index contributed by atoms with van der Waals surface area (Å²) in [6.45, 7) is 1.85. The second-order valence-electron chi connectivity index (χ2n) is 5.70. The zero-order valence-electron chi connectivity index (χ0n) is 15.3. The number of carbonyl (C=O) groups excluding carboxylic acids is 1. The van der Waals surface area contributed by atoms with Gasteiger partial charge in [-0.2, -0.15) is 0 Å². The topological polar surface area (TPSA) is 65.5 Å². The van der Waals surface area contributed by atoms with Crippen LogP contribution in [0.2, 0.25) is 0 Å². The van der Waals surface area contributed by atoms with E-state index in [0.717, 1.165) is 20.8 Å². The Balaban J connectivity index is 1.75. The largest absolute Gasteiger partial charge is 0.496 e. The molecule has 0 radical (unpaired) electrons. The highest BCUT2D eigenvalue weighted by molar-refractivity contribution is 9.10. The Kier molecular flexibility index (Phi) is 6.98. The van der Waals surface area contributed by atoms with Gasteiger partial charge in [0, 0.05) is 15.6 Å². The first-order valence-electron chi connectivity index (χ1n) is 8.46. The van der Waals surface area contributed by atoms with Crippen LogP contribution < -0.4 is 4.74 Å². The third-order valence-corrected chi connectivity index (χ3v) is 6.70. The van der Waals surface area contributed by atoms with Gasteiger partial charge in [0.15, 0.2) is 0 Å². The van der Waals surface area contributed by atoms with Crippen molar-refractivity contribution >= 4 is 44.0 Å². The molecule has 2 aromatic carbocycles. The van der Waals surface area contributed by atoms with E-state index in [0.29, 0.717) is 21.9 Å². The minimum absolute atomic E-state index is 0.0404. The van der Waals surface area contributed by atoms with Crippen molar-refractivity contribution < 1.29 is 18.5 Å². The summed E-state index contributed by atoms with van der Waals surface area (Å²) in [5.74, 6) is 0.651. The lowest BCUT2D eigenvalue weighted by atomic mass is 10.2. The monoisotopic (exact) mass is 479 g/mol. The molecule has 0 aliphatic heterocycles. The highest BCUT2D eigenvalue weighted by Crippen LogP contribution is 2.34. The van der Waals surface area contributed by atoms with Crippen LogP contribution in [0, 0.1) is 0 Å². The van der Waals surface area contributed by atoms with Crippen LogP contribution in [0.4, 0.5) is 0 Å². The molecule has 0 fully saturated rings. The van der Waals surface area contributed by atoms with Gasteiger partial charge in [0.2, 0.25) is 0 Å². The molecule has 0 aliphatic carbocycles. The molecule has 1 atom stereocenters. The van der Waals surface area contributed by atoms with Crippen LogP contribution in [-0.2, 0) is 22.1 Å². The van der Waals surface area contributed by atoms with E-state index in [4.69, 9.17) is 9.47 Å². The van der Waals surface area contributed by atoms with E-state index in [1.165, 1.54) is 11.3 Å². The van der Waals surface area contributed by atoms with E-state index in [1.54, 1.807) is 31.4 Å². The third-order valence-electron chi connectivity index (χ3n) is 3.91. The second-order valence-corrected chi connectivity index (χ2v) is 9.18. The Labute approximate surface area is 178 Å². The van der Waals surface area contributed by atoms with Gasteiger partial charge in [0.1, 0.15) is 17.4 Å². The number of nitrogens with zero attached hydrogens (tertiary/aromatic N) is 1. The van der Waals surface area contributed by atoms with E-state index in [-0.39, 0.29) is 6.61 Å². The summed E-state index contributed by atoms with van der Waals surface area (Å²) in [5, 5.41) is 2.62. The van der Waals surface area contributed by atoms with E-state index in [1.807, 2.05) is 30.5 Å². The molecule has 0 saturated heterocycles. The molecule has 0 saturated carbocycles. The predicted molar refractivity (Wildman–Crippen MR) is 114 cm³/mol. The smallest absolute Gasteiger partial charge is 0.339 e. The molecule has 0 bridgehead atoms. The molecule has 8 heteroatoms. The summed E-state index contributed by atoms with van der Waals surface area (Å²) in [4.78, 5) is 17.5. The number of aromatic nitrogens is 1. The van der Waals surface area contributed by atoms with Crippen molar-refractivity contribution in [3.05, 3.63) is 63.6 Å². The first-order chi connectivity index (χ1) is 13.5. The average Bonchev–Trinajstić information content (AvgIpc) is 3.20. The van der Waals surface area contributed by atoms with Crippen molar-refractivity contribution in [1.82, 2.24) is 4.98 Å². The van der Waals surface area contributed by atoms with E-state index < -0.39 is 16.8 Å². The van der Waals surface area contributed by atoms with Gasteiger partial charge in [-0.15, -0.1) is 11.3 Å². The fourth-order valence-electron chi connectivity index (χ4n) is 2.55. The van der Waals surface area contributed by atoms with Gasteiger partial charge in [0.25, 0.3) is 0 Å². The highest BCUT2D eigenvalue weighted by Gasteiger charge is 2.17. The number of benzene rings is 2. The molecule has 0 spiro atoms. The molecule has 0 N–H and O–H groups in total. The maximum atomic E-state index is 12.5. The molecule has 5 nitrogen and oxygen atoms in total. The predicted octanol–water partition coefficient (Wildman–Crippen LogP) is 5.07. The Hall–Kier alpha value is -2.03. The number of esters is 1. The highest BCUT2D eigenvalue weighted by atomic mass is 79.9. The molecule has 1 unspecified atom stereocenters. The van der Waals surface area contributed by atoms with E-state index in [2.05, 4.69) is 20.9 Å². The lowest BCUT2D eigenvalue weighted by Gasteiger charge is -2.08. The molecule has 146 valence electrons. The average molecular weight is 480 g/mol. The number of halogens is 1. The van der Waals surface area contributed by atoms with Gasteiger partial charge in [-0.25, -0.2) is 9.78 Å². The van der Waals surface area contributed by atoms with Gasteiger partial charge in [-0.1, -0.05) is 35.0 Å². The van der Waals surface area contributed by atoms with Crippen LogP contribution in [-0.4, -0.2) is 28.0 Å². The number of rotatable bonds is 7. The quantitative estimate of drug-likeness (QED) is 0.442. The fourth-order valence-corrected chi connectivity index (χ4v) is 4.67. The normalized spacial score (nSPS) is 11.8. The molecule has 3 rings (SSSR count). The van der Waals surface area contributed by atoms with Gasteiger partial charge in [-0.3, -0.25) is 4.21 Å². The molecule has 1 heterocycles. The summed E-state index contributed by atoms with van der Waals surface area (Å²) >= 11 is 4.90. The molecule has 1 aromatic heterocycles. The zero-order chi connectivity index (χ0) is 20.1. The maximum absolute atomic E-state index is 12.5. The van der Waals surface area contributed by atoms with Crippen molar-refractivity contribution in [1.29, 1.82) is 0 Å². The molecule has 0 amide bonds. The van der Waals surface area contributed by atoms with E-state index >= 15 is 0 Å². The first kappa shape index (κ1) is 20.7. The summed E-state index contributed by atoms with van der Waals surface area (Å²) < 4.78 is 23.9. The van der Waals surface area contributed by atoms with Gasteiger partial charge < -0.3 is 9.47 Å². The molecular weight excluding hydrogens is 462 g/mol. The van der Waals surface area contributed by atoms with Crippen molar-refractivity contribution in [2.45, 2.75) is 18.4 Å². The number of hydrogen-bond donors (Lipinski definition) is 0. The van der Waals surface area contributed by atoms with Crippen molar-refractivity contribution in [3.63, 3.8) is 0 Å². The van der Waals surface area contributed by atoms with Crippen LogP contribution in [0.5, 0.6) is 5.75 Å². The molecule has 28 heavy (non-hydrogen) atoms. The van der Waals surface area contributed by atoms with Crippen molar-refractivity contribution in [2.24, 2.45) is 0 Å². The number of ether oxygens (including phenoxy) is 2. The number of hydrogen-bond acceptors (Lipinski definition) is 6. The van der Waals surface area contributed by atoms with Crippen molar-refractivity contribution in [2.75, 3.05) is 12.9 Å². The minimum atomic E-state index is -1.23. The van der Waals surface area contributed by atoms with Crippen LogP contribution >= 0.6 is 27.3 Å². The SMILES string of the molecule is CCS(=O)c1ccccc1C(=O)OCc1csc(-c2cc(Br)ccc2OC)n1. The standard InChI is InChI=1S/C20H18BrNO4S2/c1-3-28(24)18-7-5-4-6-15(18)20(23)26-11-14-12-27-19(22-14)16-10-13(21)8-9-17(16)25-2/h4-10,12H,3,11H2,1-2H3. The van der Waals surface area contributed by atoms with Gasteiger partial charge in [-0.05, 0) is 30.3 Å². The summed E-state index contributed by atoms with van der Waals surface area (Å²) in [5.41, 5.74) is 1.83. The lowest BCUT2D eigenvalue weighted by molar-refractivity contribution is 0.0464. The van der Waals surface area contributed by atoms with Crippen LogP contribution in [0.3, 0.4) is 0 Å². The molecule has 0 aliphatic rings. The Morgan fingerprint density at radius 2 is 2.04 bits per heavy atom. The fraction of sp³-hybridized carbons (Fsp3) is 0.200. The number of thiazole rings is 1. The number of methoxy groups -OCH3 is 1. The second kappa shape index (κ2) is 9.45. The third kappa shape index (κ3) is 4.68. The minimum Gasteiger partial charge on any atom is -0.496 e. The van der Waals surface area contributed by atoms with Crippen LogP contribution in [0.1, 0.15) is 23.0 Å². The Bertz CT molecular complexity index is 1020. The van der Waals surface area contributed by atoms with Gasteiger partial charge in [0.05, 0.1) is 39.6 Å². The van der Waals surface area contributed by atoms with Crippen LogP contribution in [0.15, 0.2) is 57.2 Å². The Morgan fingerprint density at radius 3 is 2.79 bits per heavy atom. The summed E-state index contributed by atoms with van der Waals surface area (Å²) in [6.07, 6.45) is 0. The lowest BCUT2D eigenvalue weighted by Crippen LogP contribution is -2.10. The Morgan fingerprint density at radius 1 is 1.25 bits per heavy atom.